The monoisotopic (exact) mass is 192 g/mol. The number of nitrogens with one attached hydrogen (secondary N) is 1. The molecular weight excluding hydrogens is 178 g/mol. The number of benzene rings is 1. The SMILES string of the molecule is [2H]c1ccccc1[C@H]1CCN[C@@H]1C(=O)O. The van der Waals surface area contributed by atoms with Crippen molar-refractivity contribution in [3.8, 4) is 0 Å². The van der Waals surface area contributed by atoms with E-state index < -0.39 is 12.0 Å². The number of hydrogen-bond acceptors (Lipinski definition) is 2. The molecule has 1 saturated heterocycles. The van der Waals surface area contributed by atoms with E-state index >= 15 is 0 Å². The van der Waals surface area contributed by atoms with Gasteiger partial charge in [0.15, 0.2) is 0 Å². The van der Waals surface area contributed by atoms with E-state index in [0.29, 0.717) is 12.6 Å². The highest BCUT2D eigenvalue weighted by molar-refractivity contribution is 5.75. The third-order valence-corrected chi connectivity index (χ3v) is 2.62. The predicted molar refractivity (Wildman–Crippen MR) is 53.2 cm³/mol. The van der Waals surface area contributed by atoms with E-state index in [-0.39, 0.29) is 5.92 Å². The summed E-state index contributed by atoms with van der Waals surface area (Å²) in [6.45, 7) is 0.704. The largest absolute Gasteiger partial charge is 0.480 e. The van der Waals surface area contributed by atoms with Crippen LogP contribution in [-0.2, 0) is 4.79 Å². The molecule has 2 atom stereocenters. The molecule has 1 aromatic carbocycles. The van der Waals surface area contributed by atoms with E-state index in [4.69, 9.17) is 6.48 Å². The van der Waals surface area contributed by atoms with Crippen molar-refractivity contribution in [1.29, 1.82) is 0 Å². The van der Waals surface area contributed by atoms with Gasteiger partial charge >= 0.3 is 5.97 Å². The Morgan fingerprint density at radius 2 is 2.43 bits per heavy atom. The molecule has 2 rings (SSSR count). The summed E-state index contributed by atoms with van der Waals surface area (Å²) in [5.74, 6) is -0.906. The summed E-state index contributed by atoms with van der Waals surface area (Å²) >= 11 is 0. The lowest BCUT2D eigenvalue weighted by atomic mass is 9.92. The average Bonchev–Trinajstić information content (AvgIpc) is 2.67. The highest BCUT2D eigenvalue weighted by Gasteiger charge is 2.33. The van der Waals surface area contributed by atoms with Gasteiger partial charge in [-0.15, -0.1) is 0 Å². The van der Waals surface area contributed by atoms with Crippen molar-refractivity contribution in [2.24, 2.45) is 0 Å². The molecule has 1 aliphatic heterocycles. The Balaban J connectivity index is 2.30. The number of carboxylic acids is 1. The Hall–Kier alpha value is -1.35. The number of rotatable bonds is 2. The van der Waals surface area contributed by atoms with E-state index in [9.17, 15) is 4.79 Å². The predicted octanol–water partition coefficient (Wildman–Crippen LogP) is 1.22. The Bertz CT molecular complexity index is 381. The Labute approximate surface area is 84.2 Å². The molecular formula is C11H13NO2. The summed E-state index contributed by atoms with van der Waals surface area (Å²) < 4.78 is 7.75. The highest BCUT2D eigenvalue weighted by Crippen LogP contribution is 2.27. The molecule has 14 heavy (non-hydrogen) atoms. The lowest BCUT2D eigenvalue weighted by molar-refractivity contribution is -0.139. The Morgan fingerprint density at radius 1 is 1.57 bits per heavy atom. The number of carboxylic acid groups (broad SMARTS) is 1. The van der Waals surface area contributed by atoms with Gasteiger partial charge in [-0.3, -0.25) is 4.79 Å². The van der Waals surface area contributed by atoms with Crippen LogP contribution in [0.1, 0.15) is 19.3 Å². The number of carbonyl (C=O) groups is 1. The van der Waals surface area contributed by atoms with Crippen LogP contribution in [0, 0.1) is 0 Å². The van der Waals surface area contributed by atoms with Crippen LogP contribution in [0.2, 0.25) is 0 Å². The fraction of sp³-hybridized carbons (Fsp3) is 0.364. The van der Waals surface area contributed by atoms with Gasteiger partial charge in [0.05, 0.1) is 1.37 Å². The second-order valence-corrected chi connectivity index (χ2v) is 3.48. The van der Waals surface area contributed by atoms with Gasteiger partial charge in [0.25, 0.3) is 0 Å². The average molecular weight is 192 g/mol. The first-order valence-corrected chi connectivity index (χ1v) is 4.72. The normalized spacial score (nSPS) is 27.3. The van der Waals surface area contributed by atoms with Crippen LogP contribution in [0.5, 0.6) is 0 Å². The highest BCUT2D eigenvalue weighted by atomic mass is 16.4. The molecule has 0 unspecified atom stereocenters. The molecule has 3 heteroatoms. The lowest BCUT2D eigenvalue weighted by Crippen LogP contribution is -2.34. The van der Waals surface area contributed by atoms with Crippen molar-refractivity contribution in [2.45, 2.75) is 18.4 Å². The molecule has 0 saturated carbocycles. The second-order valence-electron chi connectivity index (χ2n) is 3.48. The van der Waals surface area contributed by atoms with Crippen LogP contribution in [-0.4, -0.2) is 23.7 Å². The Morgan fingerprint density at radius 3 is 3.14 bits per heavy atom. The number of aliphatic carboxylic acids is 1. The smallest absolute Gasteiger partial charge is 0.321 e. The minimum Gasteiger partial charge on any atom is -0.480 e. The maximum atomic E-state index is 11.0. The van der Waals surface area contributed by atoms with Crippen molar-refractivity contribution in [3.05, 3.63) is 35.9 Å². The molecule has 0 aliphatic carbocycles. The summed E-state index contributed by atoms with van der Waals surface area (Å²) in [7, 11) is 0. The van der Waals surface area contributed by atoms with E-state index in [1.165, 1.54) is 0 Å². The molecule has 0 aromatic heterocycles. The van der Waals surface area contributed by atoms with Crippen molar-refractivity contribution in [1.82, 2.24) is 5.32 Å². The van der Waals surface area contributed by atoms with E-state index in [1.807, 2.05) is 12.1 Å². The second kappa shape index (κ2) is 3.80. The molecule has 3 nitrogen and oxygen atoms in total. The third-order valence-electron chi connectivity index (χ3n) is 2.62. The summed E-state index contributed by atoms with van der Waals surface area (Å²) in [5.41, 5.74) is 0.829. The van der Waals surface area contributed by atoms with Gasteiger partial charge in [-0.2, -0.15) is 0 Å². The van der Waals surface area contributed by atoms with Crippen LogP contribution < -0.4 is 5.32 Å². The van der Waals surface area contributed by atoms with E-state index in [2.05, 4.69) is 5.32 Å². The molecule has 0 bridgehead atoms. The first kappa shape index (κ1) is 8.00. The zero-order valence-electron chi connectivity index (χ0n) is 8.73. The topological polar surface area (TPSA) is 49.3 Å². The molecule has 1 heterocycles. The lowest BCUT2D eigenvalue weighted by Gasteiger charge is -2.15. The zero-order chi connectivity index (χ0) is 10.8. The minimum absolute atomic E-state index is 0.0730. The van der Waals surface area contributed by atoms with Gasteiger partial charge in [-0.05, 0) is 18.5 Å². The van der Waals surface area contributed by atoms with Crippen LogP contribution in [0.15, 0.2) is 30.3 Å². The van der Waals surface area contributed by atoms with Crippen LogP contribution in [0.4, 0.5) is 0 Å². The molecule has 0 spiro atoms. The van der Waals surface area contributed by atoms with Gasteiger partial charge in [-0.1, -0.05) is 30.3 Å². The van der Waals surface area contributed by atoms with Crippen molar-refractivity contribution >= 4 is 5.97 Å². The molecule has 74 valence electrons. The van der Waals surface area contributed by atoms with Gasteiger partial charge in [-0.25, -0.2) is 0 Å². The summed E-state index contributed by atoms with van der Waals surface area (Å²) in [5, 5.41) is 12.0. The maximum absolute atomic E-state index is 11.0. The first-order chi connectivity index (χ1) is 7.20. The zero-order valence-corrected chi connectivity index (χ0v) is 7.73. The third kappa shape index (κ3) is 1.63. The van der Waals surface area contributed by atoms with Crippen LogP contribution in [0.25, 0.3) is 0 Å². The van der Waals surface area contributed by atoms with Crippen molar-refractivity contribution < 1.29 is 11.3 Å². The minimum atomic E-state index is -0.833. The molecule has 1 aromatic rings. The number of hydrogen-bond donors (Lipinski definition) is 2. The van der Waals surface area contributed by atoms with E-state index in [1.54, 1.807) is 12.1 Å². The summed E-state index contributed by atoms with van der Waals surface area (Å²) in [6, 6.07) is 7.07. The van der Waals surface area contributed by atoms with Crippen LogP contribution in [0.3, 0.4) is 0 Å². The molecule has 0 radical (unpaired) electrons. The quantitative estimate of drug-likeness (QED) is 0.740. The molecule has 1 aliphatic rings. The van der Waals surface area contributed by atoms with E-state index in [0.717, 1.165) is 12.0 Å². The van der Waals surface area contributed by atoms with Crippen molar-refractivity contribution in [3.63, 3.8) is 0 Å². The first-order valence-electron chi connectivity index (χ1n) is 5.22. The fourth-order valence-electron chi connectivity index (χ4n) is 1.94. The summed E-state index contributed by atoms with van der Waals surface area (Å²) in [4.78, 5) is 11.0. The summed E-state index contributed by atoms with van der Waals surface area (Å²) in [6.07, 6.45) is 0.785. The van der Waals surface area contributed by atoms with Gasteiger partial charge in [0.1, 0.15) is 6.04 Å². The molecule has 0 amide bonds. The maximum Gasteiger partial charge on any atom is 0.321 e. The van der Waals surface area contributed by atoms with Crippen LogP contribution >= 0.6 is 0 Å². The van der Waals surface area contributed by atoms with Crippen molar-refractivity contribution in [2.75, 3.05) is 6.54 Å². The van der Waals surface area contributed by atoms with Gasteiger partial charge in [0.2, 0.25) is 0 Å². The Kier molecular flexibility index (Phi) is 2.17. The van der Waals surface area contributed by atoms with Gasteiger partial charge in [0, 0.05) is 5.92 Å². The fourth-order valence-corrected chi connectivity index (χ4v) is 1.94. The standard InChI is InChI=1S/C11H13NO2/c13-11(14)10-9(6-7-12-10)8-4-2-1-3-5-8/h1-5,9-10,12H,6-7H2,(H,13,14)/t9-,10+/m1/s1/i4D. The van der Waals surface area contributed by atoms with Gasteiger partial charge < -0.3 is 10.4 Å². The molecule has 2 N–H and O–H groups in total. The molecule has 1 fully saturated rings.